The van der Waals surface area contributed by atoms with E-state index in [0.717, 1.165) is 42.8 Å². The Bertz CT molecular complexity index is 683. The second-order valence-electron chi connectivity index (χ2n) is 5.78. The van der Waals surface area contributed by atoms with Gasteiger partial charge in [0.05, 0.1) is 13.7 Å². The molecule has 0 aliphatic carbocycles. The van der Waals surface area contributed by atoms with Gasteiger partial charge in [-0.1, -0.05) is 6.92 Å². The van der Waals surface area contributed by atoms with E-state index in [1.165, 1.54) is 0 Å². The first-order chi connectivity index (χ1) is 12.7. The summed E-state index contributed by atoms with van der Waals surface area (Å²) in [5.74, 6) is 3.34. The third-order valence-corrected chi connectivity index (χ3v) is 3.83. The lowest BCUT2D eigenvalue weighted by molar-refractivity contribution is 0.223. The number of rotatable bonds is 9. The molecule has 142 valence electrons. The standard InChI is InChI=1S/C18H28N6O2/c1-5-17-23-22-13-24(17)11-10-20-18(19-3)21-12-14(2)26-16-8-6-15(25-4)7-9-16/h6-9,13-14H,5,10-12H2,1-4H3,(H2,19,20,21). The number of ether oxygens (including phenoxy) is 2. The summed E-state index contributed by atoms with van der Waals surface area (Å²) in [6.45, 7) is 6.24. The smallest absolute Gasteiger partial charge is 0.191 e. The number of hydrogen-bond donors (Lipinski definition) is 2. The van der Waals surface area contributed by atoms with Crippen LogP contribution in [0.4, 0.5) is 0 Å². The summed E-state index contributed by atoms with van der Waals surface area (Å²) in [5.41, 5.74) is 0. The predicted octanol–water partition coefficient (Wildman–Crippen LogP) is 1.48. The lowest BCUT2D eigenvalue weighted by atomic mass is 10.3. The van der Waals surface area contributed by atoms with Crippen LogP contribution >= 0.6 is 0 Å². The van der Waals surface area contributed by atoms with Gasteiger partial charge in [0.1, 0.15) is 29.8 Å². The minimum atomic E-state index is -0.00788. The average molecular weight is 360 g/mol. The van der Waals surface area contributed by atoms with Gasteiger partial charge < -0.3 is 24.7 Å². The number of nitrogens with one attached hydrogen (secondary N) is 2. The first-order valence-electron chi connectivity index (χ1n) is 8.78. The Hall–Kier alpha value is -2.77. The molecule has 1 atom stereocenters. The second-order valence-corrected chi connectivity index (χ2v) is 5.78. The minimum Gasteiger partial charge on any atom is -0.497 e. The van der Waals surface area contributed by atoms with E-state index in [4.69, 9.17) is 9.47 Å². The van der Waals surface area contributed by atoms with Crippen LogP contribution in [0, 0.1) is 0 Å². The van der Waals surface area contributed by atoms with Gasteiger partial charge in [0.25, 0.3) is 0 Å². The summed E-state index contributed by atoms with van der Waals surface area (Å²) >= 11 is 0. The number of guanidine groups is 1. The molecule has 1 heterocycles. The summed E-state index contributed by atoms with van der Waals surface area (Å²) < 4.78 is 13.1. The summed E-state index contributed by atoms with van der Waals surface area (Å²) in [6, 6.07) is 7.55. The highest BCUT2D eigenvalue weighted by Crippen LogP contribution is 2.17. The molecule has 8 heteroatoms. The predicted molar refractivity (Wildman–Crippen MR) is 102 cm³/mol. The van der Waals surface area contributed by atoms with E-state index < -0.39 is 0 Å². The lowest BCUT2D eigenvalue weighted by Gasteiger charge is -2.18. The van der Waals surface area contributed by atoms with Crippen molar-refractivity contribution in [2.45, 2.75) is 32.9 Å². The highest BCUT2D eigenvalue weighted by molar-refractivity contribution is 5.79. The first kappa shape index (κ1) is 19.6. The van der Waals surface area contributed by atoms with Gasteiger partial charge in [-0.05, 0) is 31.2 Å². The maximum Gasteiger partial charge on any atom is 0.191 e. The fourth-order valence-corrected chi connectivity index (χ4v) is 2.42. The van der Waals surface area contributed by atoms with Crippen LogP contribution in [0.3, 0.4) is 0 Å². The highest BCUT2D eigenvalue weighted by atomic mass is 16.5. The molecule has 26 heavy (non-hydrogen) atoms. The van der Waals surface area contributed by atoms with Crippen molar-refractivity contribution in [1.29, 1.82) is 0 Å². The van der Waals surface area contributed by atoms with Crippen LogP contribution in [0.5, 0.6) is 11.5 Å². The number of methoxy groups -OCH3 is 1. The van der Waals surface area contributed by atoms with Gasteiger partial charge >= 0.3 is 0 Å². The van der Waals surface area contributed by atoms with Crippen molar-refractivity contribution in [3.8, 4) is 11.5 Å². The number of aromatic nitrogens is 3. The number of hydrogen-bond acceptors (Lipinski definition) is 5. The Kier molecular flexibility index (Phi) is 7.73. The fourth-order valence-electron chi connectivity index (χ4n) is 2.42. The Labute approximate surface area is 154 Å². The van der Waals surface area contributed by atoms with Gasteiger partial charge in [0.15, 0.2) is 5.96 Å². The molecule has 0 fully saturated rings. The van der Waals surface area contributed by atoms with E-state index in [2.05, 4.69) is 32.7 Å². The van der Waals surface area contributed by atoms with Crippen molar-refractivity contribution in [2.75, 3.05) is 27.2 Å². The molecule has 8 nitrogen and oxygen atoms in total. The molecule has 0 radical (unpaired) electrons. The summed E-state index contributed by atoms with van der Waals surface area (Å²) in [4.78, 5) is 4.23. The van der Waals surface area contributed by atoms with Crippen molar-refractivity contribution in [3.63, 3.8) is 0 Å². The van der Waals surface area contributed by atoms with Crippen molar-refractivity contribution < 1.29 is 9.47 Å². The van der Waals surface area contributed by atoms with Crippen LogP contribution in [-0.4, -0.2) is 54.1 Å². The highest BCUT2D eigenvalue weighted by Gasteiger charge is 2.07. The normalized spacial score (nSPS) is 12.5. The van der Waals surface area contributed by atoms with Crippen molar-refractivity contribution >= 4 is 5.96 Å². The molecule has 0 saturated carbocycles. The zero-order valence-electron chi connectivity index (χ0n) is 15.9. The Morgan fingerprint density at radius 3 is 2.62 bits per heavy atom. The van der Waals surface area contributed by atoms with E-state index in [1.807, 2.05) is 35.8 Å². The van der Waals surface area contributed by atoms with Gasteiger partial charge in [0, 0.05) is 26.6 Å². The van der Waals surface area contributed by atoms with E-state index in [1.54, 1.807) is 20.5 Å². The average Bonchev–Trinajstić information content (AvgIpc) is 3.12. The van der Waals surface area contributed by atoms with Gasteiger partial charge in [0.2, 0.25) is 0 Å². The quantitative estimate of drug-likeness (QED) is 0.520. The summed E-state index contributed by atoms with van der Waals surface area (Å²) in [6.07, 6.45) is 2.61. The van der Waals surface area contributed by atoms with Crippen LogP contribution < -0.4 is 20.1 Å². The van der Waals surface area contributed by atoms with E-state index in [-0.39, 0.29) is 6.10 Å². The molecular formula is C18H28N6O2. The molecule has 1 aromatic carbocycles. The van der Waals surface area contributed by atoms with E-state index in [0.29, 0.717) is 6.54 Å². The van der Waals surface area contributed by atoms with E-state index >= 15 is 0 Å². The molecule has 0 spiro atoms. The van der Waals surface area contributed by atoms with Crippen molar-refractivity contribution in [3.05, 3.63) is 36.4 Å². The van der Waals surface area contributed by atoms with Gasteiger partial charge in [-0.2, -0.15) is 0 Å². The van der Waals surface area contributed by atoms with Gasteiger partial charge in [-0.3, -0.25) is 4.99 Å². The maximum atomic E-state index is 5.88. The number of benzene rings is 1. The zero-order valence-corrected chi connectivity index (χ0v) is 15.9. The molecule has 0 aliphatic heterocycles. The lowest BCUT2D eigenvalue weighted by Crippen LogP contribution is -2.42. The van der Waals surface area contributed by atoms with Crippen LogP contribution in [-0.2, 0) is 13.0 Å². The van der Waals surface area contributed by atoms with Gasteiger partial charge in [-0.15, -0.1) is 10.2 Å². The molecule has 0 amide bonds. The zero-order chi connectivity index (χ0) is 18.8. The second kappa shape index (κ2) is 10.3. The van der Waals surface area contributed by atoms with E-state index in [9.17, 15) is 0 Å². The largest absolute Gasteiger partial charge is 0.497 e. The van der Waals surface area contributed by atoms with Crippen LogP contribution in [0.2, 0.25) is 0 Å². The van der Waals surface area contributed by atoms with Gasteiger partial charge in [-0.25, -0.2) is 0 Å². The fraction of sp³-hybridized carbons (Fsp3) is 0.500. The number of nitrogens with zero attached hydrogens (tertiary/aromatic N) is 4. The molecule has 2 N–H and O–H groups in total. The molecule has 0 bridgehead atoms. The molecule has 0 aliphatic rings. The number of aryl methyl sites for hydroxylation is 1. The Morgan fingerprint density at radius 2 is 1.96 bits per heavy atom. The molecule has 2 rings (SSSR count). The van der Waals surface area contributed by atoms with Crippen LogP contribution in [0.25, 0.3) is 0 Å². The van der Waals surface area contributed by atoms with Crippen molar-refractivity contribution in [1.82, 2.24) is 25.4 Å². The topological polar surface area (TPSA) is 85.6 Å². The Morgan fingerprint density at radius 1 is 1.23 bits per heavy atom. The first-order valence-corrected chi connectivity index (χ1v) is 8.78. The number of aliphatic imine (C=N–C) groups is 1. The molecule has 0 saturated heterocycles. The summed E-state index contributed by atoms with van der Waals surface area (Å²) in [7, 11) is 3.40. The third kappa shape index (κ3) is 5.94. The molecule has 2 aromatic rings. The molecule has 1 unspecified atom stereocenters. The van der Waals surface area contributed by atoms with Crippen molar-refractivity contribution in [2.24, 2.45) is 4.99 Å². The molecule has 1 aromatic heterocycles. The SMILES string of the molecule is CCc1nncn1CCNC(=NC)NCC(C)Oc1ccc(OC)cc1. The minimum absolute atomic E-state index is 0.00788. The third-order valence-electron chi connectivity index (χ3n) is 3.83. The van der Waals surface area contributed by atoms with Crippen LogP contribution in [0.15, 0.2) is 35.6 Å². The maximum absolute atomic E-state index is 5.88. The summed E-state index contributed by atoms with van der Waals surface area (Å²) in [5, 5.41) is 14.6. The Balaban J connectivity index is 1.71. The van der Waals surface area contributed by atoms with Crippen LogP contribution in [0.1, 0.15) is 19.7 Å². The molecular weight excluding hydrogens is 332 g/mol. The monoisotopic (exact) mass is 360 g/mol.